The molecule has 2 aliphatic rings. The molecule has 2 fully saturated rings. The number of anilines is 1. The van der Waals surface area contributed by atoms with Crippen LogP contribution in [0.4, 0.5) is 5.13 Å². The fourth-order valence-electron chi connectivity index (χ4n) is 3.83. The Hall–Kier alpha value is -1.54. The molecule has 1 aliphatic heterocycles. The first-order chi connectivity index (χ1) is 13.3. The molecule has 1 saturated carbocycles. The lowest BCUT2D eigenvalue weighted by Crippen LogP contribution is -2.46. The van der Waals surface area contributed by atoms with Crippen LogP contribution in [0, 0.1) is 17.8 Å². The highest BCUT2D eigenvalue weighted by Crippen LogP contribution is 2.45. The number of aromatic nitrogens is 2. The van der Waals surface area contributed by atoms with Gasteiger partial charge in [0.05, 0.1) is 22.4 Å². The molecule has 2 aromatic rings. The number of piperidine rings is 1. The number of oxazole rings is 1. The maximum absolute atomic E-state index is 11.8. The summed E-state index contributed by atoms with van der Waals surface area (Å²) in [7, 11) is 0. The molecule has 28 heavy (non-hydrogen) atoms. The summed E-state index contributed by atoms with van der Waals surface area (Å²) in [6, 6.07) is 0. The summed E-state index contributed by atoms with van der Waals surface area (Å²) < 4.78 is 7.03. The second kappa shape index (κ2) is 7.71. The zero-order valence-corrected chi connectivity index (χ0v) is 18.3. The Bertz CT molecular complexity index is 837. The van der Waals surface area contributed by atoms with E-state index in [0.29, 0.717) is 17.6 Å². The molecule has 4 rings (SSSR count). The molecule has 0 aromatic carbocycles. The van der Waals surface area contributed by atoms with Crippen LogP contribution in [0.25, 0.3) is 0 Å². The van der Waals surface area contributed by atoms with E-state index >= 15 is 0 Å². The first-order valence-electron chi connectivity index (χ1n) is 9.89. The topological polar surface area (TPSA) is 85.3 Å². The lowest BCUT2D eigenvalue weighted by Gasteiger charge is -2.37. The van der Waals surface area contributed by atoms with Crippen LogP contribution in [0.15, 0.2) is 21.0 Å². The van der Waals surface area contributed by atoms with Crippen LogP contribution < -0.4 is 10.6 Å². The Kier molecular flexibility index (Phi) is 5.44. The van der Waals surface area contributed by atoms with E-state index in [1.807, 2.05) is 12.4 Å². The van der Waals surface area contributed by atoms with Crippen molar-refractivity contribution in [2.24, 2.45) is 23.5 Å². The van der Waals surface area contributed by atoms with Crippen LogP contribution in [-0.4, -0.2) is 29.0 Å². The average molecular weight is 421 g/mol. The Balaban J connectivity index is 1.36. The third kappa shape index (κ3) is 4.38. The number of carbonyl (C=O) groups is 1. The van der Waals surface area contributed by atoms with Gasteiger partial charge in [0.2, 0.25) is 11.8 Å². The maximum Gasteiger partial charge on any atom is 0.220 e. The number of thioether (sulfide) groups is 1. The van der Waals surface area contributed by atoms with Crippen LogP contribution in [0.3, 0.4) is 0 Å². The number of hydrogen-bond acceptors (Lipinski definition) is 7. The minimum absolute atomic E-state index is 0.0251. The van der Waals surface area contributed by atoms with Gasteiger partial charge in [0, 0.05) is 24.4 Å². The first-order valence-corrected chi connectivity index (χ1v) is 11.7. The number of thiazole rings is 1. The fraction of sp³-hybridized carbons (Fsp3) is 0.650. The monoisotopic (exact) mass is 420 g/mol. The second-order valence-electron chi connectivity index (χ2n) is 8.86. The van der Waals surface area contributed by atoms with Crippen molar-refractivity contribution in [3.63, 3.8) is 0 Å². The van der Waals surface area contributed by atoms with Crippen molar-refractivity contribution in [1.29, 1.82) is 0 Å². The molecule has 0 radical (unpaired) electrons. The molecule has 0 bridgehead atoms. The highest BCUT2D eigenvalue weighted by molar-refractivity contribution is 8.00. The van der Waals surface area contributed by atoms with Gasteiger partial charge in [0.1, 0.15) is 5.76 Å². The molecule has 152 valence electrons. The predicted molar refractivity (Wildman–Crippen MR) is 113 cm³/mol. The Morgan fingerprint density at radius 3 is 2.75 bits per heavy atom. The summed E-state index contributed by atoms with van der Waals surface area (Å²) in [6.45, 7) is 8.11. The van der Waals surface area contributed by atoms with Gasteiger partial charge in [-0.05, 0) is 31.1 Å². The van der Waals surface area contributed by atoms with Crippen molar-refractivity contribution in [2.75, 3.05) is 18.0 Å². The molecule has 1 amide bonds. The minimum Gasteiger partial charge on any atom is -0.444 e. The first kappa shape index (κ1) is 19.8. The number of nitrogens with two attached hydrogens (primary N) is 1. The molecule has 2 atom stereocenters. The molecule has 0 spiro atoms. The Morgan fingerprint density at radius 2 is 2.11 bits per heavy atom. The smallest absolute Gasteiger partial charge is 0.220 e. The van der Waals surface area contributed by atoms with Crippen molar-refractivity contribution in [2.45, 2.75) is 55.4 Å². The maximum atomic E-state index is 11.8. The number of hydrogen-bond donors (Lipinski definition) is 1. The Labute approximate surface area is 174 Å². The van der Waals surface area contributed by atoms with Crippen LogP contribution in [0.2, 0.25) is 0 Å². The molecule has 8 heteroatoms. The molecular formula is C20H28N4O2S2. The quantitative estimate of drug-likeness (QED) is 0.710. The SMILES string of the molecule is CC(C)(C)c1cnc(CSc2cnc(N3CCC(C(N)=O)C(C4CC4)C3)s2)o1. The molecule has 3 heterocycles. The van der Waals surface area contributed by atoms with Gasteiger partial charge in [0.15, 0.2) is 5.13 Å². The molecule has 1 aliphatic carbocycles. The third-order valence-corrected chi connectivity index (χ3v) is 7.86. The minimum atomic E-state index is -0.132. The van der Waals surface area contributed by atoms with E-state index < -0.39 is 0 Å². The van der Waals surface area contributed by atoms with Crippen LogP contribution in [0.1, 0.15) is 51.7 Å². The van der Waals surface area contributed by atoms with Crippen molar-refractivity contribution in [3.05, 3.63) is 24.0 Å². The molecule has 2 aromatic heterocycles. The summed E-state index contributed by atoms with van der Waals surface area (Å²) in [5.74, 6) is 3.31. The normalized spacial score (nSPS) is 23.2. The molecular weight excluding hydrogens is 392 g/mol. The van der Waals surface area contributed by atoms with Crippen molar-refractivity contribution < 1.29 is 9.21 Å². The third-order valence-electron chi connectivity index (χ3n) is 5.62. The van der Waals surface area contributed by atoms with E-state index in [1.165, 1.54) is 12.8 Å². The van der Waals surface area contributed by atoms with E-state index in [2.05, 4.69) is 35.6 Å². The number of primary amides is 1. The van der Waals surface area contributed by atoms with E-state index in [1.54, 1.807) is 23.1 Å². The lowest BCUT2D eigenvalue weighted by atomic mass is 9.82. The van der Waals surface area contributed by atoms with E-state index in [0.717, 1.165) is 40.5 Å². The number of amides is 1. The Morgan fingerprint density at radius 1 is 1.32 bits per heavy atom. The van der Waals surface area contributed by atoms with Gasteiger partial charge in [-0.1, -0.05) is 32.1 Å². The zero-order valence-electron chi connectivity index (χ0n) is 16.7. The summed E-state index contributed by atoms with van der Waals surface area (Å²) in [5, 5.41) is 1.04. The van der Waals surface area contributed by atoms with Gasteiger partial charge >= 0.3 is 0 Å². The lowest BCUT2D eigenvalue weighted by molar-refractivity contribution is -0.124. The summed E-state index contributed by atoms with van der Waals surface area (Å²) in [4.78, 5) is 23.2. The largest absolute Gasteiger partial charge is 0.444 e. The molecule has 6 nitrogen and oxygen atoms in total. The number of rotatable bonds is 6. The van der Waals surface area contributed by atoms with E-state index in [9.17, 15) is 4.79 Å². The molecule has 1 saturated heterocycles. The highest BCUT2D eigenvalue weighted by Gasteiger charge is 2.42. The number of carbonyl (C=O) groups excluding carboxylic acids is 1. The van der Waals surface area contributed by atoms with Gasteiger partial charge in [-0.2, -0.15) is 0 Å². The van der Waals surface area contributed by atoms with Gasteiger partial charge in [-0.25, -0.2) is 9.97 Å². The van der Waals surface area contributed by atoms with Gasteiger partial charge in [-0.3, -0.25) is 4.79 Å². The van der Waals surface area contributed by atoms with Crippen molar-refractivity contribution in [1.82, 2.24) is 9.97 Å². The van der Waals surface area contributed by atoms with Gasteiger partial charge in [-0.15, -0.1) is 11.8 Å². The van der Waals surface area contributed by atoms with Gasteiger partial charge < -0.3 is 15.1 Å². The number of nitrogens with zero attached hydrogens (tertiary/aromatic N) is 3. The zero-order chi connectivity index (χ0) is 19.9. The standard InChI is InChI=1S/C20H28N4O2S2/c1-20(2,3)15-8-22-16(26-15)11-27-17-9-23-19(28-17)24-7-6-13(18(21)25)14(10-24)12-4-5-12/h8-9,12-14H,4-7,10-11H2,1-3H3,(H2,21,25). The van der Waals surface area contributed by atoms with Crippen molar-refractivity contribution in [3.8, 4) is 0 Å². The fourth-order valence-corrected chi connectivity index (χ4v) is 5.68. The van der Waals surface area contributed by atoms with E-state index in [-0.39, 0.29) is 17.2 Å². The van der Waals surface area contributed by atoms with Crippen molar-refractivity contribution >= 4 is 34.1 Å². The molecule has 2 unspecified atom stereocenters. The van der Waals surface area contributed by atoms with Crippen LogP contribution in [0.5, 0.6) is 0 Å². The summed E-state index contributed by atoms with van der Waals surface area (Å²) >= 11 is 3.41. The summed E-state index contributed by atoms with van der Waals surface area (Å²) in [5.41, 5.74) is 5.62. The van der Waals surface area contributed by atoms with E-state index in [4.69, 9.17) is 10.2 Å². The molecule has 2 N–H and O–H groups in total. The van der Waals surface area contributed by atoms with Crippen LogP contribution in [-0.2, 0) is 16.0 Å². The second-order valence-corrected chi connectivity index (χ2v) is 11.1. The van der Waals surface area contributed by atoms with Gasteiger partial charge in [0.25, 0.3) is 0 Å². The summed E-state index contributed by atoms with van der Waals surface area (Å²) in [6.07, 6.45) is 7.06. The predicted octanol–water partition coefficient (Wildman–Crippen LogP) is 4.06. The average Bonchev–Trinajstić information content (AvgIpc) is 3.17. The highest BCUT2D eigenvalue weighted by atomic mass is 32.2. The van der Waals surface area contributed by atoms with Crippen LogP contribution >= 0.6 is 23.1 Å².